The van der Waals surface area contributed by atoms with Gasteiger partial charge in [0, 0.05) is 18.9 Å². The van der Waals surface area contributed by atoms with Crippen molar-refractivity contribution in [1.29, 1.82) is 0 Å². The molecule has 6 rings (SSSR count). The first-order valence-corrected chi connectivity index (χ1v) is 15.8. The number of carbonyl (C=O) groups excluding carboxylic acids is 2. The molecule has 0 bridgehead atoms. The Balaban J connectivity index is 1.23. The number of aromatic hydroxyl groups is 1. The van der Waals surface area contributed by atoms with Crippen LogP contribution in [0.15, 0.2) is 42.7 Å². The van der Waals surface area contributed by atoms with Gasteiger partial charge in [-0.15, -0.1) is 0 Å². The van der Waals surface area contributed by atoms with Crippen molar-refractivity contribution in [3.8, 4) is 5.75 Å². The number of hydrogen-bond acceptors (Lipinski definition) is 17. The molecule has 3 saturated heterocycles. The van der Waals surface area contributed by atoms with E-state index in [9.17, 15) is 45.3 Å². The second-order valence-electron chi connectivity index (χ2n) is 12.6. The lowest BCUT2D eigenvalue weighted by molar-refractivity contribution is -0.347. The fourth-order valence-corrected chi connectivity index (χ4v) is 6.93. The summed E-state index contributed by atoms with van der Waals surface area (Å²) in [6.07, 6.45) is -11.9. The fraction of sp³-hybridized carbons (Fsp3) is 0.625. The maximum Gasteiger partial charge on any atom is 0.331 e. The Morgan fingerprint density at radius 1 is 0.878 bits per heavy atom. The Labute approximate surface area is 279 Å². The zero-order valence-electron chi connectivity index (χ0n) is 26.4. The van der Waals surface area contributed by atoms with E-state index >= 15 is 0 Å². The third kappa shape index (κ3) is 6.81. The molecule has 270 valence electrons. The number of epoxide rings is 1. The van der Waals surface area contributed by atoms with E-state index in [0.717, 1.165) is 13.0 Å². The number of benzene rings is 1. The number of hydrogen-bond donors (Lipinski definition) is 7. The minimum atomic E-state index is -1.72. The molecular weight excluding hydrogens is 656 g/mol. The molecule has 0 aromatic heterocycles. The first-order chi connectivity index (χ1) is 23.4. The van der Waals surface area contributed by atoms with E-state index in [-0.39, 0.29) is 5.75 Å². The molecule has 1 saturated carbocycles. The van der Waals surface area contributed by atoms with Crippen LogP contribution in [0.2, 0.25) is 0 Å². The van der Waals surface area contributed by atoms with Gasteiger partial charge in [0.2, 0.25) is 6.29 Å². The highest BCUT2D eigenvalue weighted by Gasteiger charge is 2.77. The summed E-state index contributed by atoms with van der Waals surface area (Å²) in [5.74, 6) is -3.02. The van der Waals surface area contributed by atoms with Gasteiger partial charge in [0.1, 0.15) is 48.0 Å². The molecule has 17 nitrogen and oxygen atoms in total. The van der Waals surface area contributed by atoms with Crippen molar-refractivity contribution in [3.63, 3.8) is 0 Å². The lowest BCUT2D eigenvalue weighted by atomic mass is 9.85. The van der Waals surface area contributed by atoms with Crippen molar-refractivity contribution in [2.75, 3.05) is 13.2 Å². The van der Waals surface area contributed by atoms with Gasteiger partial charge in [-0.2, -0.15) is 0 Å². The van der Waals surface area contributed by atoms with Crippen LogP contribution in [0.25, 0.3) is 6.08 Å². The average Bonchev–Trinajstić information content (AvgIpc) is 3.75. The summed E-state index contributed by atoms with van der Waals surface area (Å²) in [6, 6.07) is 6.00. The summed E-state index contributed by atoms with van der Waals surface area (Å²) in [4.78, 5) is 25.1. The number of phenolic OH excluding ortho intramolecular Hbond substituents is 1. The third-order valence-electron chi connectivity index (χ3n) is 9.51. The van der Waals surface area contributed by atoms with E-state index in [1.807, 2.05) is 0 Å². The van der Waals surface area contributed by atoms with Crippen LogP contribution in [0.5, 0.6) is 5.75 Å². The van der Waals surface area contributed by atoms with Crippen molar-refractivity contribution >= 4 is 18.0 Å². The number of aliphatic hydroxyl groups excluding tert-OH is 6. The van der Waals surface area contributed by atoms with Gasteiger partial charge >= 0.3 is 11.9 Å². The van der Waals surface area contributed by atoms with Crippen LogP contribution in [0.4, 0.5) is 0 Å². The van der Waals surface area contributed by atoms with Gasteiger partial charge in [-0.05, 0) is 36.8 Å². The standard InChI is InChI=1S/C32H40O17/c1-13-21(38)26(44-14(2)35)27(46-19(37)8-5-15-3-6-16(36)7-4-15)31(43-13)47-25-17-9-10-42-29(20(17)32(12-34)28(25)49-32)48-30-24(41)23(40)22(39)18(11-33)45-30/h3-10,13,17-18,20-31,33-34,36,38-41H,11-12H2,1-2H3/t13-,17+,18+,20+,21-,22+,23-,24+,25-,26+,27+,28-,29-,30-,31-,32+/m0/s1. The van der Waals surface area contributed by atoms with E-state index in [4.69, 9.17) is 37.9 Å². The van der Waals surface area contributed by atoms with Crippen molar-refractivity contribution in [2.45, 2.75) is 99.4 Å². The van der Waals surface area contributed by atoms with Crippen LogP contribution in [-0.2, 0) is 47.5 Å². The maximum atomic E-state index is 13.0. The largest absolute Gasteiger partial charge is 0.508 e. The van der Waals surface area contributed by atoms with Crippen LogP contribution < -0.4 is 0 Å². The summed E-state index contributed by atoms with van der Waals surface area (Å²) in [6.45, 7) is 1.46. The number of aliphatic hydroxyl groups is 6. The lowest BCUT2D eigenvalue weighted by Crippen LogP contribution is -2.61. The van der Waals surface area contributed by atoms with Crippen LogP contribution in [0.1, 0.15) is 19.4 Å². The second kappa shape index (κ2) is 14.2. The number of ether oxygens (including phenoxy) is 8. The van der Waals surface area contributed by atoms with Crippen LogP contribution in [0.3, 0.4) is 0 Å². The van der Waals surface area contributed by atoms with Gasteiger partial charge < -0.3 is 73.6 Å². The molecule has 7 N–H and O–H groups in total. The predicted octanol–water partition coefficient (Wildman–Crippen LogP) is -2.20. The summed E-state index contributed by atoms with van der Waals surface area (Å²) in [5.41, 5.74) is -0.699. The maximum absolute atomic E-state index is 13.0. The number of rotatable bonds is 10. The van der Waals surface area contributed by atoms with Gasteiger partial charge in [0.05, 0.1) is 37.6 Å². The SMILES string of the molecule is CC(=O)O[C@@H]1[C@@H](O)[C@H](C)O[C@@H](O[C@H]2[C@@H]3C=CO[C@@H](O[C@@H]4O[C@H](CO)[C@@H](O)[C@H](O)[C@H]4O)[C@@H]3[C@@]3(CO)O[C@@H]23)[C@@H]1OC(=O)C=Cc1ccc(O)cc1. The summed E-state index contributed by atoms with van der Waals surface area (Å²) in [7, 11) is 0. The van der Waals surface area contributed by atoms with Crippen LogP contribution in [-0.4, -0.2) is 146 Å². The van der Waals surface area contributed by atoms with Gasteiger partial charge in [0.25, 0.3) is 0 Å². The molecule has 4 aliphatic heterocycles. The van der Waals surface area contributed by atoms with Crippen molar-refractivity contribution in [2.24, 2.45) is 11.8 Å². The molecule has 16 atom stereocenters. The minimum absolute atomic E-state index is 0.0385. The van der Waals surface area contributed by atoms with E-state index in [0.29, 0.717) is 5.56 Å². The van der Waals surface area contributed by atoms with Gasteiger partial charge in [-0.1, -0.05) is 12.1 Å². The Morgan fingerprint density at radius 2 is 1.61 bits per heavy atom. The Morgan fingerprint density at radius 3 is 2.29 bits per heavy atom. The highest BCUT2D eigenvalue weighted by Crippen LogP contribution is 2.61. The number of phenols is 1. The number of esters is 2. The van der Waals surface area contributed by atoms with E-state index in [1.165, 1.54) is 31.4 Å². The van der Waals surface area contributed by atoms with Crippen molar-refractivity contribution < 1.29 is 83.2 Å². The molecule has 4 fully saturated rings. The molecule has 1 aromatic carbocycles. The van der Waals surface area contributed by atoms with Gasteiger partial charge in [0.15, 0.2) is 24.8 Å². The molecule has 1 aromatic rings. The summed E-state index contributed by atoms with van der Waals surface area (Å²) in [5, 5.41) is 71.5. The molecule has 0 spiro atoms. The molecule has 5 aliphatic rings. The van der Waals surface area contributed by atoms with Crippen LogP contribution >= 0.6 is 0 Å². The monoisotopic (exact) mass is 696 g/mol. The zero-order chi connectivity index (χ0) is 35.2. The predicted molar refractivity (Wildman–Crippen MR) is 158 cm³/mol. The molecule has 0 amide bonds. The second-order valence-corrected chi connectivity index (χ2v) is 12.6. The van der Waals surface area contributed by atoms with E-state index in [1.54, 1.807) is 18.2 Å². The molecule has 1 aliphatic carbocycles. The molecule has 17 heteroatoms. The molecule has 0 radical (unpaired) electrons. The molecule has 4 heterocycles. The first-order valence-electron chi connectivity index (χ1n) is 15.8. The zero-order valence-corrected chi connectivity index (χ0v) is 26.4. The quantitative estimate of drug-likeness (QED) is 0.0779. The minimum Gasteiger partial charge on any atom is -0.508 e. The Kier molecular flexibility index (Phi) is 10.3. The number of fused-ring (bicyclic) bond motifs is 3. The van der Waals surface area contributed by atoms with Crippen LogP contribution in [0, 0.1) is 11.8 Å². The molecule has 0 unspecified atom stereocenters. The molecular formula is C32H40O17. The summed E-state index contributed by atoms with van der Waals surface area (Å²) >= 11 is 0. The topological polar surface area (TPSA) is 253 Å². The summed E-state index contributed by atoms with van der Waals surface area (Å²) < 4.78 is 46.5. The Hall–Kier alpha value is -3.20. The highest BCUT2D eigenvalue weighted by atomic mass is 16.8. The smallest absolute Gasteiger partial charge is 0.331 e. The normalized spacial score (nSPS) is 44.1. The first kappa shape index (κ1) is 35.6. The van der Waals surface area contributed by atoms with Crippen molar-refractivity contribution in [1.82, 2.24) is 0 Å². The van der Waals surface area contributed by atoms with Crippen molar-refractivity contribution in [3.05, 3.63) is 48.2 Å². The Bertz CT molecular complexity index is 1400. The highest BCUT2D eigenvalue weighted by molar-refractivity contribution is 5.87. The average molecular weight is 697 g/mol. The lowest BCUT2D eigenvalue weighted by Gasteiger charge is -2.44. The van der Waals surface area contributed by atoms with Gasteiger partial charge in [-0.3, -0.25) is 4.79 Å². The third-order valence-corrected chi connectivity index (χ3v) is 9.51. The molecule has 49 heavy (non-hydrogen) atoms. The number of carbonyl (C=O) groups is 2. The van der Waals surface area contributed by atoms with Gasteiger partial charge in [-0.25, -0.2) is 4.79 Å². The fourth-order valence-electron chi connectivity index (χ4n) is 6.93. The van der Waals surface area contributed by atoms with E-state index in [2.05, 4.69) is 0 Å². The van der Waals surface area contributed by atoms with E-state index < -0.39 is 122 Å².